The van der Waals surface area contributed by atoms with Crippen molar-refractivity contribution in [3.8, 4) is 0 Å². The van der Waals surface area contributed by atoms with Crippen LogP contribution in [0, 0.1) is 5.82 Å². The standard InChI is InChI=1S/C21H33FN4O3.HI/c1-6-23-19(24-12-15-7-8-18(22)16(11-15)14-28-5)26-10-9-17(13-26)25-20(27)29-21(2,3)4;/h7-8,11,17H,6,9-10,12-14H2,1-5H3,(H,23,24)(H,25,27);1H. The number of nitrogens with one attached hydrogen (secondary N) is 2. The summed E-state index contributed by atoms with van der Waals surface area (Å²) in [5.41, 5.74) is 0.916. The molecule has 1 aromatic carbocycles. The summed E-state index contributed by atoms with van der Waals surface area (Å²) in [6, 6.07) is 4.97. The minimum Gasteiger partial charge on any atom is -0.444 e. The number of amides is 1. The Balaban J connectivity index is 0.00000450. The highest BCUT2D eigenvalue weighted by Crippen LogP contribution is 2.15. The van der Waals surface area contributed by atoms with E-state index < -0.39 is 11.7 Å². The van der Waals surface area contributed by atoms with Crippen LogP contribution in [0.2, 0.25) is 0 Å². The summed E-state index contributed by atoms with van der Waals surface area (Å²) in [6.45, 7) is 10.4. The van der Waals surface area contributed by atoms with E-state index in [1.165, 1.54) is 6.07 Å². The summed E-state index contributed by atoms with van der Waals surface area (Å²) < 4.78 is 24.2. The van der Waals surface area contributed by atoms with Crippen molar-refractivity contribution in [2.24, 2.45) is 4.99 Å². The summed E-state index contributed by atoms with van der Waals surface area (Å²) >= 11 is 0. The topological polar surface area (TPSA) is 75.2 Å². The second-order valence-corrected chi connectivity index (χ2v) is 8.11. The molecule has 2 N–H and O–H groups in total. The Bertz CT molecular complexity index is 725. The average Bonchev–Trinajstić information content (AvgIpc) is 3.07. The fourth-order valence-electron chi connectivity index (χ4n) is 3.13. The van der Waals surface area contributed by atoms with Crippen molar-refractivity contribution in [1.82, 2.24) is 15.5 Å². The van der Waals surface area contributed by atoms with Gasteiger partial charge in [-0.05, 0) is 51.8 Å². The van der Waals surface area contributed by atoms with Crippen molar-refractivity contribution >= 4 is 36.0 Å². The molecule has 1 amide bonds. The highest BCUT2D eigenvalue weighted by molar-refractivity contribution is 14.0. The van der Waals surface area contributed by atoms with Crippen LogP contribution in [0.15, 0.2) is 23.2 Å². The number of ether oxygens (including phenoxy) is 2. The third-order valence-electron chi connectivity index (χ3n) is 4.36. The number of hydrogen-bond acceptors (Lipinski definition) is 4. The molecule has 0 aliphatic carbocycles. The van der Waals surface area contributed by atoms with Crippen LogP contribution in [0.25, 0.3) is 0 Å². The average molecular weight is 536 g/mol. The van der Waals surface area contributed by atoms with Gasteiger partial charge in [-0.2, -0.15) is 0 Å². The molecule has 1 saturated heterocycles. The van der Waals surface area contributed by atoms with Crippen LogP contribution in [0.4, 0.5) is 9.18 Å². The van der Waals surface area contributed by atoms with Crippen LogP contribution in [-0.2, 0) is 22.6 Å². The number of aliphatic imine (C=N–C) groups is 1. The van der Waals surface area contributed by atoms with E-state index in [0.717, 1.165) is 31.0 Å². The molecule has 0 bridgehead atoms. The second kappa shape index (κ2) is 12.3. The number of guanidine groups is 1. The van der Waals surface area contributed by atoms with Gasteiger partial charge in [0.2, 0.25) is 0 Å². The van der Waals surface area contributed by atoms with Crippen LogP contribution in [0.3, 0.4) is 0 Å². The van der Waals surface area contributed by atoms with Crippen LogP contribution in [-0.4, -0.2) is 55.3 Å². The lowest BCUT2D eigenvalue weighted by molar-refractivity contribution is 0.0507. The molecule has 1 atom stereocenters. The maximum atomic E-state index is 13.8. The van der Waals surface area contributed by atoms with Crippen molar-refractivity contribution in [2.75, 3.05) is 26.7 Å². The molecule has 0 spiro atoms. The highest BCUT2D eigenvalue weighted by atomic mass is 127. The largest absolute Gasteiger partial charge is 0.444 e. The van der Waals surface area contributed by atoms with Crippen LogP contribution in [0.5, 0.6) is 0 Å². The maximum Gasteiger partial charge on any atom is 0.407 e. The second-order valence-electron chi connectivity index (χ2n) is 8.11. The van der Waals surface area contributed by atoms with Crippen molar-refractivity contribution in [1.29, 1.82) is 0 Å². The number of likely N-dealkylation sites (tertiary alicyclic amines) is 1. The predicted molar refractivity (Wildman–Crippen MR) is 127 cm³/mol. The van der Waals surface area contributed by atoms with E-state index in [2.05, 4.69) is 15.5 Å². The molecule has 1 aliphatic heterocycles. The molecule has 1 unspecified atom stereocenters. The molecule has 1 aliphatic rings. The first-order chi connectivity index (χ1) is 13.7. The van der Waals surface area contributed by atoms with Gasteiger partial charge in [0.25, 0.3) is 0 Å². The molecule has 0 radical (unpaired) electrons. The molecule has 9 heteroatoms. The number of alkyl carbamates (subject to hydrolysis) is 1. The maximum absolute atomic E-state index is 13.8. The van der Waals surface area contributed by atoms with Gasteiger partial charge in [0.15, 0.2) is 5.96 Å². The van der Waals surface area contributed by atoms with E-state index in [4.69, 9.17) is 14.5 Å². The Morgan fingerprint density at radius 1 is 1.37 bits per heavy atom. The van der Waals surface area contributed by atoms with Gasteiger partial charge in [-0.15, -0.1) is 24.0 Å². The summed E-state index contributed by atoms with van der Waals surface area (Å²) in [5.74, 6) is 0.501. The van der Waals surface area contributed by atoms with Crippen LogP contribution >= 0.6 is 24.0 Å². The summed E-state index contributed by atoms with van der Waals surface area (Å²) in [5, 5.41) is 6.21. The van der Waals surface area contributed by atoms with Gasteiger partial charge in [-0.3, -0.25) is 0 Å². The highest BCUT2D eigenvalue weighted by Gasteiger charge is 2.27. The SMILES string of the molecule is CCNC(=NCc1ccc(F)c(COC)c1)N1CCC(NC(=O)OC(C)(C)C)C1.I. The first-order valence-corrected chi connectivity index (χ1v) is 10.0. The summed E-state index contributed by atoms with van der Waals surface area (Å²) in [6.07, 6.45) is 0.418. The minimum absolute atomic E-state index is 0. The number of halogens is 2. The third-order valence-corrected chi connectivity index (χ3v) is 4.36. The van der Waals surface area contributed by atoms with Crippen molar-refractivity contribution in [3.63, 3.8) is 0 Å². The van der Waals surface area contributed by atoms with Gasteiger partial charge >= 0.3 is 6.09 Å². The number of hydrogen-bond donors (Lipinski definition) is 2. The Labute approximate surface area is 195 Å². The van der Waals surface area contributed by atoms with Gasteiger partial charge < -0.3 is 25.0 Å². The number of benzene rings is 1. The van der Waals surface area contributed by atoms with E-state index in [1.54, 1.807) is 19.2 Å². The summed E-state index contributed by atoms with van der Waals surface area (Å²) in [4.78, 5) is 18.8. The Kier molecular flexibility index (Phi) is 10.8. The van der Waals surface area contributed by atoms with Gasteiger partial charge in [0, 0.05) is 32.3 Å². The van der Waals surface area contributed by atoms with Gasteiger partial charge in [-0.25, -0.2) is 14.2 Å². The zero-order valence-corrected chi connectivity index (χ0v) is 20.8. The smallest absolute Gasteiger partial charge is 0.407 e. The monoisotopic (exact) mass is 536 g/mol. The Morgan fingerprint density at radius 2 is 2.10 bits per heavy atom. The van der Waals surface area contributed by atoms with Crippen molar-refractivity contribution in [3.05, 3.63) is 35.1 Å². The van der Waals surface area contributed by atoms with E-state index in [1.807, 2.05) is 27.7 Å². The van der Waals surface area contributed by atoms with E-state index in [0.29, 0.717) is 18.7 Å². The Morgan fingerprint density at radius 3 is 2.73 bits per heavy atom. The fraction of sp³-hybridized carbons (Fsp3) is 0.619. The molecule has 2 rings (SSSR count). The summed E-state index contributed by atoms with van der Waals surface area (Å²) in [7, 11) is 1.54. The lowest BCUT2D eigenvalue weighted by atomic mass is 10.1. The first-order valence-electron chi connectivity index (χ1n) is 10.0. The first kappa shape index (κ1) is 26.4. The third kappa shape index (κ3) is 8.63. The van der Waals surface area contributed by atoms with Crippen LogP contribution in [0.1, 0.15) is 45.2 Å². The van der Waals surface area contributed by atoms with E-state index in [9.17, 15) is 9.18 Å². The zero-order valence-electron chi connectivity index (χ0n) is 18.5. The molecule has 30 heavy (non-hydrogen) atoms. The number of carbonyl (C=O) groups is 1. The van der Waals surface area contributed by atoms with E-state index >= 15 is 0 Å². The molecule has 0 saturated carbocycles. The molecule has 1 heterocycles. The molecule has 0 aromatic heterocycles. The lowest BCUT2D eigenvalue weighted by Crippen LogP contribution is -2.44. The van der Waals surface area contributed by atoms with E-state index in [-0.39, 0.29) is 42.4 Å². The normalized spacial score (nSPS) is 16.8. The number of carbonyl (C=O) groups excluding carboxylic acids is 1. The van der Waals surface area contributed by atoms with Crippen LogP contribution < -0.4 is 10.6 Å². The molecule has 7 nitrogen and oxygen atoms in total. The molecular weight excluding hydrogens is 502 g/mol. The molecular formula is C21H34FIN4O3. The minimum atomic E-state index is -0.518. The van der Waals surface area contributed by atoms with Gasteiger partial charge in [0.05, 0.1) is 19.2 Å². The zero-order chi connectivity index (χ0) is 21.4. The lowest BCUT2D eigenvalue weighted by Gasteiger charge is -2.23. The Hall–Kier alpha value is -1.62. The molecule has 1 fully saturated rings. The molecule has 170 valence electrons. The van der Waals surface area contributed by atoms with Crippen molar-refractivity contribution in [2.45, 2.75) is 58.9 Å². The number of rotatable bonds is 6. The number of nitrogens with zero attached hydrogens (tertiary/aromatic N) is 2. The molecule has 1 aromatic rings. The van der Waals surface area contributed by atoms with Gasteiger partial charge in [0.1, 0.15) is 11.4 Å². The number of methoxy groups -OCH3 is 1. The quantitative estimate of drug-likeness (QED) is 0.330. The fourth-order valence-corrected chi connectivity index (χ4v) is 3.13. The van der Waals surface area contributed by atoms with Crippen molar-refractivity contribution < 1.29 is 18.7 Å². The predicted octanol–water partition coefficient (Wildman–Crippen LogP) is 3.65. The van der Waals surface area contributed by atoms with Gasteiger partial charge in [-0.1, -0.05) is 6.07 Å².